The Balaban J connectivity index is 0.0000000961. The van der Waals surface area contributed by atoms with Crippen LogP contribution in [0.25, 0.3) is 279 Å². The fourth-order valence-electron chi connectivity index (χ4n) is 20.5. The molecule has 9 aromatic heterocycles. The van der Waals surface area contributed by atoms with Gasteiger partial charge in [0.25, 0.3) is 0 Å². The molecule has 3 aliphatic heterocycles. The summed E-state index contributed by atoms with van der Waals surface area (Å²) in [5.74, 6) is 2.62. The molecule has 0 fully saturated rings. The first-order valence-corrected chi connectivity index (χ1v) is 44.2. The van der Waals surface area contributed by atoms with Gasteiger partial charge in [-0.25, -0.2) is 29.9 Å². The molecule has 0 amide bonds. The zero-order chi connectivity index (χ0) is 82.1. The van der Waals surface area contributed by atoms with E-state index in [1.54, 1.807) is 0 Å². The van der Waals surface area contributed by atoms with E-state index < -0.39 is 0 Å². The van der Waals surface area contributed by atoms with Gasteiger partial charge in [-0.15, -0.1) is 22.7 Å². The van der Waals surface area contributed by atoms with Gasteiger partial charge in [-0.1, -0.05) is 267 Å². The fourth-order valence-corrected chi connectivity index (χ4v) is 22.8. The van der Waals surface area contributed by atoms with Crippen molar-refractivity contribution in [2.75, 3.05) is 0 Å². The topological polar surface area (TPSA) is 105 Å². The Hall–Kier alpha value is -16.4. The molecule has 0 spiro atoms. The number of furan rings is 1. The van der Waals surface area contributed by atoms with Crippen LogP contribution >= 0.6 is 22.7 Å². The average Bonchev–Trinajstić information content (AvgIpc) is 1.56. The highest BCUT2D eigenvalue weighted by atomic mass is 32.1. The minimum Gasteiger partial charge on any atom is -0.456 e. The van der Waals surface area contributed by atoms with Gasteiger partial charge in [0.05, 0.1) is 66.2 Å². The molecule has 0 radical (unpaired) electrons. The summed E-state index contributed by atoms with van der Waals surface area (Å²) in [6.45, 7) is 0. The minimum atomic E-state index is 0.863. The summed E-state index contributed by atoms with van der Waals surface area (Å²) in [6, 6.07) is 137. The highest BCUT2D eigenvalue weighted by molar-refractivity contribution is 7.26. The van der Waals surface area contributed by atoms with Crippen molar-refractivity contribution in [1.29, 1.82) is 0 Å². The summed E-state index contributed by atoms with van der Waals surface area (Å²) in [6.07, 6.45) is 0. The smallest absolute Gasteiger partial charge is 0.165 e. The van der Waals surface area contributed by atoms with E-state index in [0.717, 1.165) is 139 Å². The number of benzene rings is 18. The summed E-state index contributed by atoms with van der Waals surface area (Å²) >= 11 is 3.72. The molecule has 18 aromatic carbocycles. The molecular formula is C114H63N9OS2. The lowest BCUT2D eigenvalue weighted by molar-refractivity contribution is 0.669. The van der Waals surface area contributed by atoms with Gasteiger partial charge in [0, 0.05) is 117 Å². The van der Waals surface area contributed by atoms with Crippen LogP contribution in [0.1, 0.15) is 0 Å². The lowest BCUT2D eigenvalue weighted by Gasteiger charge is -2.12. The fraction of sp³-hybridized carbons (Fsp3) is 0. The summed E-state index contributed by atoms with van der Waals surface area (Å²) in [7, 11) is 0. The van der Waals surface area contributed by atoms with E-state index in [-0.39, 0.29) is 0 Å². The van der Waals surface area contributed by atoms with Gasteiger partial charge < -0.3 is 4.42 Å². The Kier molecular flexibility index (Phi) is 14.6. The van der Waals surface area contributed by atoms with Crippen LogP contribution in [0, 0.1) is 0 Å². The number of hydrogen-bond donors (Lipinski definition) is 0. The van der Waals surface area contributed by atoms with Crippen LogP contribution in [0.4, 0.5) is 0 Å². The van der Waals surface area contributed by atoms with E-state index in [9.17, 15) is 0 Å². The van der Waals surface area contributed by atoms with Gasteiger partial charge in [0.15, 0.2) is 17.5 Å². The van der Waals surface area contributed by atoms with Crippen molar-refractivity contribution in [3.63, 3.8) is 0 Å². The monoisotopic (exact) mass is 1640 g/mol. The van der Waals surface area contributed by atoms with Crippen LogP contribution < -0.4 is 0 Å². The van der Waals surface area contributed by atoms with E-state index in [2.05, 4.69) is 329 Å². The SMILES string of the molecule is c1ccc2c(c1)-c1nc3ccccc3nc1-n1c3cc(-c4ccc5sc6ccccc6c5c4)ccc3c3cccc-2c31.c1ccc2c(c1)-c1nc3ccccc3nc1-n1c3ccc(-c4ccc5c(c4)oc4ccccc45)cc3c3cccc-2c31.c1ccc2c(c1)-c1nc3ccccc3nc1-n1c3ccc(-c4ccc5c(c4)sc4ccccc45)cc3c3cccc-2c31. The van der Waals surface area contributed by atoms with Gasteiger partial charge in [-0.3, -0.25) is 13.7 Å². The first-order chi connectivity index (χ1) is 62.4. The van der Waals surface area contributed by atoms with Crippen molar-refractivity contribution in [3.05, 3.63) is 382 Å². The highest BCUT2D eigenvalue weighted by Gasteiger charge is 2.32. The van der Waals surface area contributed by atoms with Crippen LogP contribution in [-0.4, -0.2) is 43.6 Å². The van der Waals surface area contributed by atoms with Crippen LogP contribution in [0.2, 0.25) is 0 Å². The zero-order valence-electron chi connectivity index (χ0n) is 67.1. The molecule has 582 valence electrons. The van der Waals surface area contributed by atoms with Crippen molar-refractivity contribution in [2.24, 2.45) is 0 Å². The Morgan fingerprint density at radius 1 is 0.183 bits per heavy atom. The van der Waals surface area contributed by atoms with E-state index >= 15 is 0 Å². The van der Waals surface area contributed by atoms with Crippen LogP contribution in [0.5, 0.6) is 0 Å². The van der Waals surface area contributed by atoms with E-state index in [4.69, 9.17) is 34.3 Å². The Labute approximate surface area is 726 Å². The van der Waals surface area contributed by atoms with Crippen LogP contribution in [-0.2, 0) is 0 Å². The van der Waals surface area contributed by atoms with Crippen molar-refractivity contribution in [3.8, 4) is 118 Å². The number of thiophene rings is 2. The summed E-state index contributed by atoms with van der Waals surface area (Å²) in [5.41, 5.74) is 34.5. The largest absolute Gasteiger partial charge is 0.456 e. The maximum absolute atomic E-state index is 6.22. The van der Waals surface area contributed by atoms with Crippen molar-refractivity contribution < 1.29 is 4.42 Å². The Bertz CT molecular complexity index is 9120. The zero-order valence-corrected chi connectivity index (χ0v) is 68.8. The molecule has 0 aliphatic carbocycles. The lowest BCUT2D eigenvalue weighted by atomic mass is 9.96. The van der Waals surface area contributed by atoms with Gasteiger partial charge in [0.2, 0.25) is 0 Å². The van der Waals surface area contributed by atoms with E-state index in [0.29, 0.717) is 0 Å². The first-order valence-electron chi connectivity index (χ1n) is 42.5. The minimum absolute atomic E-state index is 0.863. The van der Waals surface area contributed by atoms with Crippen molar-refractivity contribution in [2.45, 2.75) is 0 Å². The quantitative estimate of drug-likeness (QED) is 0.173. The summed E-state index contributed by atoms with van der Waals surface area (Å²) < 4.78 is 18.5. The van der Waals surface area contributed by atoms with Gasteiger partial charge >= 0.3 is 0 Å². The lowest BCUT2D eigenvalue weighted by Crippen LogP contribution is -2.02. The third kappa shape index (κ3) is 10.2. The molecule has 10 nitrogen and oxygen atoms in total. The second-order valence-corrected chi connectivity index (χ2v) is 35.2. The predicted octanol–water partition coefficient (Wildman–Crippen LogP) is 30.8. The van der Waals surface area contributed by atoms with E-state index in [1.165, 1.54) is 139 Å². The number of rotatable bonds is 3. The molecule has 3 aliphatic rings. The van der Waals surface area contributed by atoms with Gasteiger partial charge in [0.1, 0.15) is 28.2 Å². The molecule has 0 N–H and O–H groups in total. The predicted molar refractivity (Wildman–Crippen MR) is 524 cm³/mol. The van der Waals surface area contributed by atoms with E-state index in [1.807, 2.05) is 89.4 Å². The number of hydrogen-bond acceptors (Lipinski definition) is 9. The number of aromatic nitrogens is 9. The normalized spacial score (nSPS) is 12.3. The van der Waals surface area contributed by atoms with Gasteiger partial charge in [-0.05, 0) is 165 Å². The molecule has 0 unspecified atom stereocenters. The molecular weight excluding hydrogens is 1580 g/mol. The number of para-hydroxylation sites is 10. The third-order valence-electron chi connectivity index (χ3n) is 26.2. The molecule has 0 bridgehead atoms. The molecule has 0 atom stereocenters. The first kappa shape index (κ1) is 69.3. The third-order valence-corrected chi connectivity index (χ3v) is 28.5. The summed E-state index contributed by atoms with van der Waals surface area (Å²) in [4.78, 5) is 31.4. The molecule has 12 heterocycles. The number of fused-ring (bicyclic) bond motifs is 36. The molecule has 0 saturated heterocycles. The van der Waals surface area contributed by atoms with Crippen molar-refractivity contribution in [1.82, 2.24) is 43.6 Å². The second-order valence-electron chi connectivity index (χ2n) is 33.0. The second kappa shape index (κ2) is 26.6. The van der Waals surface area contributed by atoms with Gasteiger partial charge in [-0.2, -0.15) is 0 Å². The van der Waals surface area contributed by atoms with Crippen LogP contribution in [0.3, 0.4) is 0 Å². The Morgan fingerprint density at radius 3 is 1.01 bits per heavy atom. The standard InChI is InChI=1S/C38H21N3O.2C38H21N3S/c1-2-10-27-24(8-1)28-11-7-12-29-30-20-22(23-16-18-26-25-9-3-6-15-34(25)42-35(26)21-23)17-19-33(30)41(37(28)29)38-36(27)39-31-13-4-5-14-32(31)40-38;1-2-10-27-24(8-1)28-11-7-12-29-25-18-16-23(22-17-19-35-30(20-22)26-9-3-6-15-34(26)42-35)21-33(25)41(37(28)29)38-36(27)39-31-13-4-5-14-32(31)40-38;1-2-10-27-24(8-1)28-11-7-12-29-30-20-22(23-16-18-26-25-9-3-6-15-34(25)42-35(26)21-23)17-19-33(30)41(37(28)29)38-36(27)39-31-13-4-5-14-32(31)40-38/h3*1-21H. The van der Waals surface area contributed by atoms with Crippen LogP contribution in [0.15, 0.2) is 387 Å². The summed E-state index contributed by atoms with van der Waals surface area (Å²) in [5, 5.41) is 14.9. The van der Waals surface area contributed by atoms with Crippen molar-refractivity contribution >= 4 is 183 Å². The molecule has 27 aromatic rings. The Morgan fingerprint density at radius 2 is 0.500 bits per heavy atom. The molecule has 0 saturated carbocycles. The highest BCUT2D eigenvalue weighted by Crippen LogP contribution is 2.52. The molecule has 126 heavy (non-hydrogen) atoms. The maximum Gasteiger partial charge on any atom is 0.165 e. The molecule has 30 rings (SSSR count). The molecule has 12 heteroatoms. The maximum atomic E-state index is 6.22. The average molecular weight is 1640 g/mol. The number of nitrogens with zero attached hydrogens (tertiary/aromatic N) is 9.